The number of amides is 1. The highest BCUT2D eigenvalue weighted by atomic mass is 16.5. The van der Waals surface area contributed by atoms with Crippen LogP contribution in [-0.2, 0) is 4.74 Å². The van der Waals surface area contributed by atoms with Gasteiger partial charge in [0.15, 0.2) is 0 Å². The maximum Gasteiger partial charge on any atom is 0.337 e. The summed E-state index contributed by atoms with van der Waals surface area (Å²) in [6.07, 6.45) is 0. The lowest BCUT2D eigenvalue weighted by molar-refractivity contribution is 0.0600. The number of aryl methyl sites for hydroxylation is 2. The van der Waals surface area contributed by atoms with Gasteiger partial charge in [0.1, 0.15) is 17.3 Å². The van der Waals surface area contributed by atoms with E-state index in [1.807, 2.05) is 31.2 Å². The molecule has 0 fully saturated rings. The van der Waals surface area contributed by atoms with E-state index in [-0.39, 0.29) is 11.6 Å². The summed E-state index contributed by atoms with van der Waals surface area (Å²) in [5.41, 5.74) is 6.80. The van der Waals surface area contributed by atoms with Crippen molar-refractivity contribution in [2.45, 2.75) is 20.8 Å². The van der Waals surface area contributed by atoms with Crippen molar-refractivity contribution in [2.24, 2.45) is 0 Å². The second kappa shape index (κ2) is 9.85. The van der Waals surface area contributed by atoms with Crippen LogP contribution >= 0.6 is 0 Å². The average molecular weight is 470 g/mol. The molecule has 35 heavy (non-hydrogen) atoms. The Hall–Kier alpha value is -4.39. The first-order valence-corrected chi connectivity index (χ1v) is 11.1. The largest absolute Gasteiger partial charge is 0.496 e. The molecule has 1 heterocycles. The van der Waals surface area contributed by atoms with Gasteiger partial charge in [0.25, 0.3) is 5.91 Å². The number of esters is 1. The molecule has 0 aliphatic carbocycles. The minimum Gasteiger partial charge on any atom is -0.496 e. The molecule has 0 saturated carbocycles. The third kappa shape index (κ3) is 4.66. The lowest BCUT2D eigenvalue weighted by Gasteiger charge is -2.16. The lowest BCUT2D eigenvalue weighted by Crippen LogP contribution is -2.14. The van der Waals surface area contributed by atoms with E-state index in [0.717, 1.165) is 33.6 Å². The van der Waals surface area contributed by atoms with E-state index in [2.05, 4.69) is 34.3 Å². The molecule has 0 saturated heterocycles. The fraction of sp³-hybridized carbons (Fsp3) is 0.179. The number of ether oxygens (including phenoxy) is 2. The maximum atomic E-state index is 13.0. The molecule has 0 radical (unpaired) electrons. The lowest BCUT2D eigenvalue weighted by atomic mass is 9.92. The van der Waals surface area contributed by atoms with Crippen LogP contribution in [0.5, 0.6) is 5.75 Å². The summed E-state index contributed by atoms with van der Waals surface area (Å²) in [6, 6.07) is 18.6. The van der Waals surface area contributed by atoms with Gasteiger partial charge in [0, 0.05) is 22.5 Å². The second-order valence-corrected chi connectivity index (χ2v) is 8.22. The number of imidazole rings is 1. The van der Waals surface area contributed by atoms with Gasteiger partial charge in [0.05, 0.1) is 19.8 Å². The van der Waals surface area contributed by atoms with Gasteiger partial charge >= 0.3 is 5.97 Å². The van der Waals surface area contributed by atoms with Gasteiger partial charge in [-0.15, -0.1) is 0 Å². The Balaban J connectivity index is 1.70. The summed E-state index contributed by atoms with van der Waals surface area (Å²) in [6.45, 7) is 5.89. The number of aromatic amines is 1. The number of carbonyl (C=O) groups excluding carboxylic acids is 2. The first-order valence-electron chi connectivity index (χ1n) is 11.1. The quantitative estimate of drug-likeness (QED) is 0.353. The van der Waals surface area contributed by atoms with Gasteiger partial charge in [-0.1, -0.05) is 30.3 Å². The zero-order valence-electron chi connectivity index (χ0n) is 20.4. The highest BCUT2D eigenvalue weighted by molar-refractivity contribution is 6.04. The number of methoxy groups -OCH3 is 2. The van der Waals surface area contributed by atoms with Gasteiger partial charge in [-0.2, -0.15) is 0 Å². The van der Waals surface area contributed by atoms with Crippen molar-refractivity contribution in [1.82, 2.24) is 9.97 Å². The first kappa shape index (κ1) is 23.8. The Bertz CT molecular complexity index is 1420. The highest BCUT2D eigenvalue weighted by Gasteiger charge is 2.20. The predicted octanol–water partition coefficient (Wildman–Crippen LogP) is 5.72. The zero-order chi connectivity index (χ0) is 25.1. The molecule has 1 aromatic heterocycles. The van der Waals surface area contributed by atoms with Crippen molar-refractivity contribution in [1.29, 1.82) is 0 Å². The summed E-state index contributed by atoms with van der Waals surface area (Å²) >= 11 is 0. The molecule has 178 valence electrons. The van der Waals surface area contributed by atoms with E-state index in [9.17, 15) is 9.59 Å². The minimum absolute atomic E-state index is 0.274. The van der Waals surface area contributed by atoms with Crippen molar-refractivity contribution in [3.8, 4) is 28.3 Å². The SMILES string of the molecule is COC(=O)c1cccc(NC(=O)c2nc(-c3ccc(OC)c(-c4ccccc4C)c3C)[nH]c2C)c1. The molecule has 2 N–H and O–H groups in total. The van der Waals surface area contributed by atoms with Gasteiger partial charge < -0.3 is 19.8 Å². The maximum absolute atomic E-state index is 13.0. The summed E-state index contributed by atoms with van der Waals surface area (Å²) in [5, 5.41) is 2.81. The average Bonchev–Trinajstić information content (AvgIpc) is 3.25. The van der Waals surface area contributed by atoms with E-state index in [0.29, 0.717) is 22.8 Å². The normalized spacial score (nSPS) is 10.7. The van der Waals surface area contributed by atoms with Crippen LogP contribution in [0.15, 0.2) is 60.7 Å². The van der Waals surface area contributed by atoms with Crippen LogP contribution in [0.4, 0.5) is 5.69 Å². The topological polar surface area (TPSA) is 93.3 Å². The van der Waals surface area contributed by atoms with E-state index in [4.69, 9.17) is 9.47 Å². The Morgan fingerprint density at radius 2 is 1.69 bits per heavy atom. The molecule has 4 rings (SSSR count). The van der Waals surface area contributed by atoms with Crippen molar-refractivity contribution in [3.05, 3.63) is 88.7 Å². The van der Waals surface area contributed by atoms with Crippen molar-refractivity contribution >= 4 is 17.6 Å². The highest BCUT2D eigenvalue weighted by Crippen LogP contribution is 2.39. The Morgan fingerprint density at radius 3 is 2.40 bits per heavy atom. The third-order valence-electron chi connectivity index (χ3n) is 5.96. The number of aromatic nitrogens is 2. The molecule has 0 spiro atoms. The van der Waals surface area contributed by atoms with Gasteiger partial charge in [-0.3, -0.25) is 4.79 Å². The third-order valence-corrected chi connectivity index (χ3v) is 5.96. The summed E-state index contributed by atoms with van der Waals surface area (Å²) in [4.78, 5) is 32.7. The molecule has 1 amide bonds. The summed E-state index contributed by atoms with van der Waals surface area (Å²) in [7, 11) is 2.97. The zero-order valence-corrected chi connectivity index (χ0v) is 20.4. The molecule has 0 unspecified atom stereocenters. The molecule has 3 aromatic carbocycles. The molecule has 7 heteroatoms. The monoisotopic (exact) mass is 469 g/mol. The molecule has 0 bridgehead atoms. The Labute approximate surface area is 204 Å². The summed E-state index contributed by atoms with van der Waals surface area (Å²) < 4.78 is 10.4. The molecule has 0 aliphatic heterocycles. The number of H-pyrrole nitrogens is 1. The molecular weight excluding hydrogens is 442 g/mol. The van der Waals surface area contributed by atoms with Crippen LogP contribution < -0.4 is 10.1 Å². The number of nitrogens with zero attached hydrogens (tertiary/aromatic N) is 1. The van der Waals surface area contributed by atoms with Crippen molar-refractivity contribution in [2.75, 3.05) is 19.5 Å². The predicted molar refractivity (Wildman–Crippen MR) is 136 cm³/mol. The second-order valence-electron chi connectivity index (χ2n) is 8.22. The van der Waals surface area contributed by atoms with Crippen LogP contribution in [0, 0.1) is 20.8 Å². The van der Waals surface area contributed by atoms with Crippen molar-refractivity contribution in [3.63, 3.8) is 0 Å². The fourth-order valence-corrected chi connectivity index (χ4v) is 4.14. The van der Waals surface area contributed by atoms with E-state index < -0.39 is 5.97 Å². The van der Waals surface area contributed by atoms with Crippen LogP contribution in [0.25, 0.3) is 22.5 Å². The first-order chi connectivity index (χ1) is 16.8. The number of rotatable bonds is 6. The standard InChI is InChI=1S/C28H27N3O4/c1-16-9-6-7-12-21(16)24-17(2)22(13-14-23(24)34-4)26-29-18(3)25(31-26)27(32)30-20-11-8-10-19(15-20)28(33)35-5/h6-15H,1-5H3,(H,29,31)(H,30,32). The van der Waals surface area contributed by atoms with Crippen LogP contribution in [0.3, 0.4) is 0 Å². The van der Waals surface area contributed by atoms with E-state index in [1.54, 1.807) is 38.3 Å². The number of anilines is 1. The number of hydrogen-bond donors (Lipinski definition) is 2. The number of hydrogen-bond acceptors (Lipinski definition) is 5. The Morgan fingerprint density at radius 1 is 0.914 bits per heavy atom. The molecule has 0 atom stereocenters. The number of benzene rings is 3. The van der Waals surface area contributed by atoms with E-state index >= 15 is 0 Å². The van der Waals surface area contributed by atoms with Crippen LogP contribution in [-0.4, -0.2) is 36.1 Å². The van der Waals surface area contributed by atoms with Crippen molar-refractivity contribution < 1.29 is 19.1 Å². The molecule has 0 aliphatic rings. The fourth-order valence-electron chi connectivity index (χ4n) is 4.14. The number of nitrogens with one attached hydrogen (secondary N) is 2. The molecule has 7 nitrogen and oxygen atoms in total. The minimum atomic E-state index is -0.473. The Kier molecular flexibility index (Phi) is 6.68. The van der Waals surface area contributed by atoms with Gasteiger partial charge in [-0.25, -0.2) is 9.78 Å². The van der Waals surface area contributed by atoms with Crippen LogP contribution in [0.1, 0.15) is 37.7 Å². The molecular formula is C28H27N3O4. The van der Waals surface area contributed by atoms with E-state index in [1.165, 1.54) is 7.11 Å². The smallest absolute Gasteiger partial charge is 0.337 e. The molecule has 4 aromatic rings. The van der Waals surface area contributed by atoms with Gasteiger partial charge in [-0.05, 0) is 67.8 Å². The number of carbonyl (C=O) groups is 2. The van der Waals surface area contributed by atoms with Gasteiger partial charge in [0.2, 0.25) is 0 Å². The van der Waals surface area contributed by atoms with Crippen LogP contribution in [0.2, 0.25) is 0 Å². The summed E-state index contributed by atoms with van der Waals surface area (Å²) in [5.74, 6) is 0.509.